The van der Waals surface area contributed by atoms with E-state index in [0.29, 0.717) is 23.2 Å². The highest BCUT2D eigenvalue weighted by atomic mass is 35.5. The van der Waals surface area contributed by atoms with Crippen molar-refractivity contribution < 1.29 is 5.11 Å². The highest BCUT2D eigenvalue weighted by molar-refractivity contribution is 6.31. The van der Waals surface area contributed by atoms with Crippen molar-refractivity contribution in [2.24, 2.45) is 0 Å². The number of aliphatic hydroxyl groups is 1. The number of nitrogens with zero attached hydrogens (tertiary/aromatic N) is 6. The van der Waals surface area contributed by atoms with E-state index in [0.717, 1.165) is 63.9 Å². The minimum absolute atomic E-state index is 0.0857. The Balaban J connectivity index is 1.29. The van der Waals surface area contributed by atoms with Crippen LogP contribution in [0.4, 0.5) is 0 Å². The molecular formula is C41H37ClN6O. The summed E-state index contributed by atoms with van der Waals surface area (Å²) in [5.41, 5.74) is 6.97. The average molecular weight is 665 g/mol. The van der Waals surface area contributed by atoms with Crippen molar-refractivity contribution in [2.45, 2.75) is 44.9 Å². The molecule has 0 spiro atoms. The third kappa shape index (κ3) is 6.19. The molecule has 5 aromatic carbocycles. The molecule has 8 heteroatoms. The molecule has 7 aromatic rings. The molecule has 0 saturated carbocycles. The Morgan fingerprint density at radius 3 is 2.02 bits per heavy atom. The van der Waals surface area contributed by atoms with E-state index < -0.39 is 5.54 Å². The molecule has 0 unspecified atom stereocenters. The van der Waals surface area contributed by atoms with Gasteiger partial charge in [0.05, 0.1) is 0 Å². The fourth-order valence-corrected chi connectivity index (χ4v) is 6.90. The predicted octanol–water partition coefficient (Wildman–Crippen LogP) is 8.58. The van der Waals surface area contributed by atoms with E-state index in [1.54, 1.807) is 4.80 Å². The first-order chi connectivity index (χ1) is 24.1. The number of hydrogen-bond donors (Lipinski definition) is 1. The van der Waals surface area contributed by atoms with Gasteiger partial charge in [0.25, 0.3) is 0 Å². The summed E-state index contributed by atoms with van der Waals surface area (Å²) in [6.45, 7) is 2.75. The summed E-state index contributed by atoms with van der Waals surface area (Å²) in [5.74, 6) is 1.20. The summed E-state index contributed by atoms with van der Waals surface area (Å²) in [5, 5.41) is 25.1. The van der Waals surface area contributed by atoms with Crippen LogP contribution in [0.15, 0.2) is 140 Å². The average Bonchev–Trinajstić information content (AvgIpc) is 3.81. The van der Waals surface area contributed by atoms with Gasteiger partial charge in [-0.2, -0.15) is 0 Å². The molecule has 1 N–H and O–H groups in total. The number of hydrogen-bond acceptors (Lipinski definition) is 5. The third-order valence-corrected chi connectivity index (χ3v) is 9.41. The Morgan fingerprint density at radius 1 is 0.735 bits per heavy atom. The van der Waals surface area contributed by atoms with E-state index in [2.05, 4.69) is 71.1 Å². The fraction of sp³-hybridized carbons (Fsp3) is 0.171. The minimum Gasteiger partial charge on any atom is -0.388 e. The summed E-state index contributed by atoms with van der Waals surface area (Å²) < 4.78 is 2.13. The van der Waals surface area contributed by atoms with Gasteiger partial charge in [0.15, 0.2) is 5.54 Å². The van der Waals surface area contributed by atoms with E-state index in [1.165, 1.54) is 0 Å². The van der Waals surface area contributed by atoms with Crippen LogP contribution in [0, 0.1) is 0 Å². The molecule has 0 amide bonds. The lowest BCUT2D eigenvalue weighted by molar-refractivity contribution is 0.265. The van der Waals surface area contributed by atoms with Gasteiger partial charge < -0.3 is 9.67 Å². The maximum atomic E-state index is 9.92. The van der Waals surface area contributed by atoms with Gasteiger partial charge in [0.2, 0.25) is 5.82 Å². The second kappa shape index (κ2) is 14.4. The van der Waals surface area contributed by atoms with Crippen molar-refractivity contribution in [3.63, 3.8) is 0 Å². The summed E-state index contributed by atoms with van der Waals surface area (Å²) in [4.78, 5) is 6.16. The largest absolute Gasteiger partial charge is 0.388 e. The zero-order valence-corrected chi connectivity index (χ0v) is 28.1. The highest BCUT2D eigenvalue weighted by Crippen LogP contribution is 2.43. The number of rotatable bonds is 12. The molecule has 0 aliphatic carbocycles. The first-order valence-electron chi connectivity index (χ1n) is 16.6. The summed E-state index contributed by atoms with van der Waals surface area (Å²) in [7, 11) is 0. The van der Waals surface area contributed by atoms with Crippen LogP contribution in [0.1, 0.15) is 53.5 Å². The van der Waals surface area contributed by atoms with Crippen LogP contribution in [0.5, 0.6) is 0 Å². The number of halogens is 1. The lowest BCUT2D eigenvalue weighted by atomic mass is 9.77. The zero-order chi connectivity index (χ0) is 33.6. The van der Waals surface area contributed by atoms with Gasteiger partial charge in [-0.3, -0.25) is 0 Å². The molecule has 2 aromatic heterocycles. The smallest absolute Gasteiger partial charge is 0.205 e. The normalized spacial score (nSPS) is 11.6. The first-order valence-corrected chi connectivity index (χ1v) is 17.0. The topological polar surface area (TPSA) is 81.7 Å². The monoisotopic (exact) mass is 664 g/mol. The first kappa shape index (κ1) is 32.2. The van der Waals surface area contributed by atoms with Crippen molar-refractivity contribution >= 4 is 11.6 Å². The SMILES string of the molecule is CCCCc1cnc(CO)n1Cc1ccc(-c2ccccc2-c2nnn(C(c3ccccc3)(c3ccccc3)c3ccccc3Cl)n2)cc1. The van der Waals surface area contributed by atoms with E-state index >= 15 is 0 Å². The number of tetrazole rings is 1. The number of unbranched alkanes of at least 4 members (excludes halogenated alkanes) is 1. The van der Waals surface area contributed by atoms with Crippen molar-refractivity contribution in [3.05, 3.63) is 178 Å². The van der Waals surface area contributed by atoms with Crippen LogP contribution >= 0.6 is 11.6 Å². The van der Waals surface area contributed by atoms with Crippen LogP contribution in [-0.4, -0.2) is 34.9 Å². The Bertz CT molecular complexity index is 2100. The summed E-state index contributed by atoms with van der Waals surface area (Å²) >= 11 is 6.99. The molecule has 7 nitrogen and oxygen atoms in total. The van der Waals surface area contributed by atoms with Gasteiger partial charge in [-0.05, 0) is 51.9 Å². The van der Waals surface area contributed by atoms with Gasteiger partial charge in [-0.15, -0.1) is 15.0 Å². The molecule has 0 fully saturated rings. The van der Waals surface area contributed by atoms with Crippen LogP contribution in [0.3, 0.4) is 0 Å². The van der Waals surface area contributed by atoms with Crippen molar-refractivity contribution in [1.29, 1.82) is 0 Å². The van der Waals surface area contributed by atoms with Crippen LogP contribution in [-0.2, 0) is 25.1 Å². The number of imidazole rings is 1. The number of aliphatic hydroxyl groups excluding tert-OH is 1. The second-order valence-corrected chi connectivity index (χ2v) is 12.5. The summed E-state index contributed by atoms with van der Waals surface area (Å²) in [6.07, 6.45) is 5.02. The van der Waals surface area contributed by atoms with Crippen molar-refractivity contribution in [3.8, 4) is 22.5 Å². The second-order valence-electron chi connectivity index (χ2n) is 12.1. The maximum absolute atomic E-state index is 9.92. The Morgan fingerprint density at radius 2 is 1.37 bits per heavy atom. The summed E-state index contributed by atoms with van der Waals surface area (Å²) in [6, 6.07) is 44.9. The van der Waals surface area contributed by atoms with Gasteiger partial charge in [0.1, 0.15) is 12.4 Å². The third-order valence-electron chi connectivity index (χ3n) is 9.08. The molecular weight excluding hydrogens is 628 g/mol. The van der Waals surface area contributed by atoms with Crippen LogP contribution in [0.25, 0.3) is 22.5 Å². The van der Waals surface area contributed by atoms with Gasteiger partial charge in [-0.25, -0.2) is 4.98 Å². The number of aromatic nitrogens is 6. The Hall–Kier alpha value is -5.37. The van der Waals surface area contributed by atoms with E-state index in [9.17, 15) is 5.11 Å². The molecule has 0 saturated heterocycles. The quantitative estimate of drug-likeness (QED) is 0.132. The molecule has 2 heterocycles. The van der Waals surface area contributed by atoms with E-state index in [-0.39, 0.29) is 6.61 Å². The molecule has 244 valence electrons. The predicted molar refractivity (Wildman–Crippen MR) is 194 cm³/mol. The molecule has 0 radical (unpaired) electrons. The van der Waals surface area contributed by atoms with Crippen molar-refractivity contribution in [1.82, 2.24) is 29.8 Å². The lowest BCUT2D eigenvalue weighted by Gasteiger charge is -2.34. The highest BCUT2D eigenvalue weighted by Gasteiger charge is 2.42. The standard InChI is InChI=1S/C41H37ClN6O/c1-2-3-18-34-27-43-39(29-49)47(34)28-30-23-25-31(26-24-30)35-19-10-11-20-36(35)40-44-46-48(45-40)41(32-14-6-4-7-15-32,33-16-8-5-9-17-33)37-21-12-13-22-38(37)42/h4-17,19-27,49H,2-3,18,28-29H2,1H3. The molecule has 0 atom stereocenters. The molecule has 7 rings (SSSR count). The van der Waals surface area contributed by atoms with Crippen molar-refractivity contribution in [2.75, 3.05) is 0 Å². The zero-order valence-electron chi connectivity index (χ0n) is 27.3. The lowest BCUT2D eigenvalue weighted by Crippen LogP contribution is -2.40. The molecule has 0 bridgehead atoms. The van der Waals surface area contributed by atoms with E-state index in [1.807, 2.05) is 85.1 Å². The number of aryl methyl sites for hydroxylation is 1. The number of benzene rings is 5. The molecule has 0 aliphatic heterocycles. The van der Waals surface area contributed by atoms with Gasteiger partial charge in [-0.1, -0.05) is 152 Å². The van der Waals surface area contributed by atoms with E-state index in [4.69, 9.17) is 27.0 Å². The Labute approximate surface area is 291 Å². The fourth-order valence-electron chi connectivity index (χ4n) is 6.63. The van der Waals surface area contributed by atoms with Gasteiger partial charge in [0, 0.05) is 34.6 Å². The van der Waals surface area contributed by atoms with Gasteiger partial charge >= 0.3 is 0 Å². The maximum Gasteiger partial charge on any atom is 0.205 e. The molecule has 49 heavy (non-hydrogen) atoms. The molecule has 0 aliphatic rings. The minimum atomic E-state index is -0.987. The Kier molecular flexibility index (Phi) is 9.46. The van der Waals surface area contributed by atoms with Crippen LogP contribution < -0.4 is 0 Å². The van der Waals surface area contributed by atoms with Crippen LogP contribution in [0.2, 0.25) is 5.02 Å².